The van der Waals surface area contributed by atoms with E-state index >= 15 is 0 Å². The molecule has 1 heterocycles. The lowest BCUT2D eigenvalue weighted by molar-refractivity contribution is -0.139. The van der Waals surface area contributed by atoms with Crippen LogP contribution in [0.4, 0.5) is 10.5 Å². The van der Waals surface area contributed by atoms with Crippen molar-refractivity contribution in [2.75, 3.05) is 25.5 Å². The van der Waals surface area contributed by atoms with Gasteiger partial charge < -0.3 is 15.5 Å². The Morgan fingerprint density at radius 2 is 1.73 bits per heavy atom. The third-order valence-electron chi connectivity index (χ3n) is 6.52. The highest BCUT2D eigenvalue weighted by Crippen LogP contribution is 2.33. The van der Waals surface area contributed by atoms with Crippen LogP contribution in [0.3, 0.4) is 0 Å². The van der Waals surface area contributed by atoms with Crippen LogP contribution >= 0.6 is 0 Å². The van der Waals surface area contributed by atoms with Gasteiger partial charge in [-0.05, 0) is 48.9 Å². The summed E-state index contributed by atoms with van der Waals surface area (Å²) in [6.07, 6.45) is 1.59. The van der Waals surface area contributed by atoms with E-state index in [2.05, 4.69) is 10.6 Å². The summed E-state index contributed by atoms with van der Waals surface area (Å²) in [5.41, 5.74) is 3.77. The SMILES string of the molecule is Cc1cccc(C)c1NC(=O)CN(C)C(=O)CN1C(=O)NC2(CCc3ccccc3C2)C1=O. The van der Waals surface area contributed by atoms with Gasteiger partial charge in [0, 0.05) is 19.2 Å². The zero-order chi connectivity index (χ0) is 23.8. The first-order valence-electron chi connectivity index (χ1n) is 11.0. The van der Waals surface area contributed by atoms with Crippen molar-refractivity contribution in [2.45, 2.75) is 38.6 Å². The average Bonchev–Trinajstić information content (AvgIpc) is 3.00. The smallest absolute Gasteiger partial charge is 0.325 e. The van der Waals surface area contributed by atoms with E-state index in [4.69, 9.17) is 0 Å². The van der Waals surface area contributed by atoms with Crippen molar-refractivity contribution in [3.8, 4) is 0 Å². The van der Waals surface area contributed by atoms with Gasteiger partial charge in [0.15, 0.2) is 0 Å². The second kappa shape index (κ2) is 8.69. The molecule has 0 aromatic heterocycles. The van der Waals surface area contributed by atoms with Crippen LogP contribution in [-0.2, 0) is 27.2 Å². The van der Waals surface area contributed by atoms with Crippen LogP contribution in [0.2, 0.25) is 0 Å². The molecule has 172 valence electrons. The van der Waals surface area contributed by atoms with Gasteiger partial charge in [0.1, 0.15) is 12.1 Å². The van der Waals surface area contributed by atoms with Gasteiger partial charge in [-0.25, -0.2) is 4.79 Å². The molecule has 5 amide bonds. The first-order valence-corrected chi connectivity index (χ1v) is 11.0. The van der Waals surface area contributed by atoms with E-state index in [1.165, 1.54) is 17.5 Å². The number of hydrogen-bond donors (Lipinski definition) is 2. The number of aryl methyl sites for hydroxylation is 3. The number of imide groups is 1. The zero-order valence-electron chi connectivity index (χ0n) is 19.1. The van der Waals surface area contributed by atoms with Crippen LogP contribution in [-0.4, -0.2) is 59.2 Å². The Morgan fingerprint density at radius 1 is 1.06 bits per heavy atom. The number of hydrogen-bond acceptors (Lipinski definition) is 4. The van der Waals surface area contributed by atoms with E-state index in [-0.39, 0.29) is 18.4 Å². The Hall–Kier alpha value is -3.68. The highest BCUT2D eigenvalue weighted by atomic mass is 16.2. The minimum atomic E-state index is -1.01. The quantitative estimate of drug-likeness (QED) is 0.685. The molecule has 33 heavy (non-hydrogen) atoms. The molecule has 1 atom stereocenters. The Bertz CT molecular complexity index is 1120. The lowest BCUT2D eigenvalue weighted by Gasteiger charge is -2.32. The van der Waals surface area contributed by atoms with Crippen molar-refractivity contribution in [3.63, 3.8) is 0 Å². The minimum Gasteiger partial charge on any atom is -0.335 e. The molecule has 2 aromatic rings. The number of benzene rings is 2. The molecule has 0 saturated carbocycles. The number of amides is 5. The maximum absolute atomic E-state index is 13.2. The summed E-state index contributed by atoms with van der Waals surface area (Å²) in [6.45, 7) is 3.21. The average molecular weight is 449 g/mol. The number of likely N-dealkylation sites (N-methyl/N-ethyl adjacent to an activating group) is 1. The van der Waals surface area contributed by atoms with Crippen LogP contribution in [0, 0.1) is 13.8 Å². The molecule has 1 unspecified atom stereocenters. The summed E-state index contributed by atoms with van der Waals surface area (Å²) in [6, 6.07) is 13.0. The van der Waals surface area contributed by atoms with Gasteiger partial charge in [0.05, 0.1) is 6.54 Å². The number of carbonyl (C=O) groups excluding carboxylic acids is 4. The Balaban J connectivity index is 1.38. The fraction of sp³-hybridized carbons (Fsp3) is 0.360. The van der Waals surface area contributed by atoms with Gasteiger partial charge in [-0.2, -0.15) is 0 Å². The molecule has 8 heteroatoms. The molecule has 1 saturated heterocycles. The number of rotatable bonds is 5. The highest BCUT2D eigenvalue weighted by molar-refractivity contribution is 6.09. The van der Waals surface area contributed by atoms with E-state index in [1.807, 2.05) is 56.3 Å². The molecule has 1 aliphatic carbocycles. The largest absolute Gasteiger partial charge is 0.335 e. The van der Waals surface area contributed by atoms with Crippen molar-refractivity contribution in [1.29, 1.82) is 0 Å². The van der Waals surface area contributed by atoms with Crippen molar-refractivity contribution < 1.29 is 19.2 Å². The maximum Gasteiger partial charge on any atom is 0.325 e. The topological polar surface area (TPSA) is 98.8 Å². The summed E-state index contributed by atoms with van der Waals surface area (Å²) in [4.78, 5) is 53.2. The maximum atomic E-state index is 13.2. The van der Waals surface area contributed by atoms with Gasteiger partial charge in [-0.15, -0.1) is 0 Å². The van der Waals surface area contributed by atoms with Crippen molar-refractivity contribution in [3.05, 3.63) is 64.7 Å². The molecular weight excluding hydrogens is 420 g/mol. The predicted molar refractivity (Wildman–Crippen MR) is 124 cm³/mol. The van der Waals surface area contributed by atoms with E-state index in [0.717, 1.165) is 27.3 Å². The van der Waals surface area contributed by atoms with Gasteiger partial charge in [0.25, 0.3) is 5.91 Å². The Morgan fingerprint density at radius 3 is 2.42 bits per heavy atom. The van der Waals surface area contributed by atoms with E-state index in [0.29, 0.717) is 19.3 Å². The number of urea groups is 1. The number of nitrogens with zero attached hydrogens (tertiary/aromatic N) is 2. The van der Waals surface area contributed by atoms with Crippen LogP contribution in [0.1, 0.15) is 28.7 Å². The standard InChI is InChI=1S/C25H28N4O4/c1-16-7-6-8-17(2)22(16)26-20(30)14-28(3)21(31)15-29-23(32)25(27-24(29)33)12-11-18-9-4-5-10-19(18)13-25/h4-10H,11-15H2,1-3H3,(H,26,30)(H,27,33). The second-order valence-electron chi connectivity index (χ2n) is 8.91. The Labute approximate surface area is 192 Å². The number of para-hydroxylation sites is 1. The summed E-state index contributed by atoms with van der Waals surface area (Å²) in [7, 11) is 1.48. The number of nitrogens with one attached hydrogen (secondary N) is 2. The van der Waals surface area contributed by atoms with E-state index < -0.39 is 24.0 Å². The molecular formula is C25H28N4O4. The molecule has 8 nitrogen and oxygen atoms in total. The van der Waals surface area contributed by atoms with Gasteiger partial charge in [-0.3, -0.25) is 19.3 Å². The molecule has 1 spiro atoms. The molecule has 0 bridgehead atoms. The number of fused-ring (bicyclic) bond motifs is 1. The number of carbonyl (C=O) groups is 4. The third-order valence-corrected chi connectivity index (χ3v) is 6.52. The van der Waals surface area contributed by atoms with Gasteiger partial charge >= 0.3 is 6.03 Å². The molecule has 1 fully saturated rings. The van der Waals surface area contributed by atoms with Crippen LogP contribution in [0.15, 0.2) is 42.5 Å². The summed E-state index contributed by atoms with van der Waals surface area (Å²) in [5, 5.41) is 5.67. The van der Waals surface area contributed by atoms with Gasteiger partial charge in [0.2, 0.25) is 11.8 Å². The van der Waals surface area contributed by atoms with Crippen LogP contribution in [0.5, 0.6) is 0 Å². The number of anilines is 1. The van der Waals surface area contributed by atoms with E-state index in [9.17, 15) is 19.2 Å². The lowest BCUT2D eigenvalue weighted by Crippen LogP contribution is -2.51. The van der Waals surface area contributed by atoms with E-state index in [1.54, 1.807) is 0 Å². The second-order valence-corrected chi connectivity index (χ2v) is 8.91. The molecule has 0 radical (unpaired) electrons. The monoisotopic (exact) mass is 448 g/mol. The molecule has 2 aromatic carbocycles. The normalized spacial score (nSPS) is 19.3. The van der Waals surface area contributed by atoms with Crippen molar-refractivity contribution in [1.82, 2.24) is 15.1 Å². The third kappa shape index (κ3) is 4.33. The Kier molecular flexibility index (Phi) is 5.93. The fourth-order valence-corrected chi connectivity index (χ4v) is 4.59. The van der Waals surface area contributed by atoms with Crippen LogP contribution in [0.25, 0.3) is 0 Å². The first-order chi connectivity index (χ1) is 15.7. The predicted octanol–water partition coefficient (Wildman–Crippen LogP) is 2.18. The molecule has 2 aliphatic rings. The first kappa shape index (κ1) is 22.5. The zero-order valence-corrected chi connectivity index (χ0v) is 19.1. The van der Waals surface area contributed by atoms with Gasteiger partial charge in [-0.1, -0.05) is 42.5 Å². The molecule has 2 N–H and O–H groups in total. The molecule has 4 rings (SSSR count). The fourth-order valence-electron chi connectivity index (χ4n) is 4.59. The van der Waals surface area contributed by atoms with Crippen LogP contribution < -0.4 is 10.6 Å². The summed E-state index contributed by atoms with van der Waals surface area (Å²) in [5.74, 6) is -1.21. The van der Waals surface area contributed by atoms with Crippen molar-refractivity contribution >= 4 is 29.4 Å². The highest BCUT2D eigenvalue weighted by Gasteiger charge is 2.52. The summed E-state index contributed by atoms with van der Waals surface area (Å²) >= 11 is 0. The van der Waals surface area contributed by atoms with Crippen molar-refractivity contribution in [2.24, 2.45) is 0 Å². The summed E-state index contributed by atoms with van der Waals surface area (Å²) < 4.78 is 0. The minimum absolute atomic E-state index is 0.186. The molecule has 1 aliphatic heterocycles. The lowest BCUT2D eigenvalue weighted by atomic mass is 9.78.